The molecule has 1 heterocycles. The lowest BCUT2D eigenvalue weighted by Gasteiger charge is -2.29. The van der Waals surface area contributed by atoms with Gasteiger partial charge in [0.1, 0.15) is 0 Å². The molecule has 6 heteroatoms. The fourth-order valence-electron chi connectivity index (χ4n) is 2.48. The van der Waals surface area contributed by atoms with Crippen LogP contribution in [-0.4, -0.2) is 49.1 Å². The third-order valence-corrected chi connectivity index (χ3v) is 3.70. The second-order valence-electron chi connectivity index (χ2n) is 5.43. The maximum Gasteiger partial charge on any atom is 0.340 e. The first-order valence-electron chi connectivity index (χ1n) is 7.64. The molecule has 6 nitrogen and oxygen atoms in total. The summed E-state index contributed by atoms with van der Waals surface area (Å²) in [7, 11) is 0. The number of para-hydroxylation sites is 1. The Hall–Kier alpha value is -1.92. The minimum Gasteiger partial charge on any atom is -0.462 e. The molecule has 0 unspecified atom stereocenters. The van der Waals surface area contributed by atoms with Gasteiger partial charge in [0.05, 0.1) is 24.4 Å². The van der Waals surface area contributed by atoms with Gasteiger partial charge in [-0.2, -0.15) is 0 Å². The molecule has 1 aliphatic heterocycles. The van der Waals surface area contributed by atoms with E-state index in [0.29, 0.717) is 24.4 Å². The molecule has 0 aromatic heterocycles. The van der Waals surface area contributed by atoms with Gasteiger partial charge in [0.25, 0.3) is 0 Å². The molecule has 22 heavy (non-hydrogen) atoms. The molecule has 1 aromatic rings. The van der Waals surface area contributed by atoms with E-state index < -0.39 is 5.97 Å². The molecule has 2 rings (SSSR count). The van der Waals surface area contributed by atoms with Crippen molar-refractivity contribution >= 4 is 17.6 Å². The number of nitrogens with zero attached hydrogens (tertiary/aromatic N) is 1. The van der Waals surface area contributed by atoms with E-state index in [9.17, 15) is 9.59 Å². The number of carbonyl (C=O) groups excluding carboxylic acids is 2. The zero-order valence-corrected chi connectivity index (χ0v) is 12.9. The Morgan fingerprint density at radius 1 is 1.32 bits per heavy atom. The first-order chi connectivity index (χ1) is 10.6. The molecule has 0 aliphatic carbocycles. The number of carbonyl (C=O) groups is 2. The van der Waals surface area contributed by atoms with Crippen LogP contribution < -0.4 is 11.1 Å². The second-order valence-corrected chi connectivity index (χ2v) is 5.43. The lowest BCUT2D eigenvalue weighted by atomic mass is 10.1. The predicted molar refractivity (Wildman–Crippen MR) is 84.7 cm³/mol. The van der Waals surface area contributed by atoms with E-state index in [2.05, 4.69) is 10.2 Å². The number of anilines is 1. The molecule has 0 radical (unpaired) electrons. The number of nitrogens with one attached hydrogen (secondary N) is 1. The van der Waals surface area contributed by atoms with Gasteiger partial charge >= 0.3 is 5.97 Å². The maximum absolute atomic E-state index is 12.2. The quantitative estimate of drug-likeness (QED) is 0.799. The number of amides is 1. The molecule has 0 atom stereocenters. The van der Waals surface area contributed by atoms with Gasteiger partial charge in [-0.3, -0.25) is 9.69 Å². The number of nitrogens with two attached hydrogens (primary N) is 1. The predicted octanol–water partition coefficient (Wildman–Crippen LogP) is 1.22. The summed E-state index contributed by atoms with van der Waals surface area (Å²) in [6.07, 6.45) is 1.82. The molecule has 120 valence electrons. The summed E-state index contributed by atoms with van der Waals surface area (Å²) in [4.78, 5) is 26.1. The van der Waals surface area contributed by atoms with E-state index in [1.165, 1.54) is 0 Å². The molecule has 3 N–H and O–H groups in total. The molecule has 1 aliphatic rings. The van der Waals surface area contributed by atoms with Gasteiger partial charge in [-0.25, -0.2) is 4.79 Å². The number of piperidine rings is 1. The number of benzene rings is 1. The molecule has 1 saturated heterocycles. The minimum absolute atomic E-state index is 0.132. The first kappa shape index (κ1) is 16.5. The summed E-state index contributed by atoms with van der Waals surface area (Å²) in [5.74, 6) is -0.561. The average molecular weight is 305 g/mol. The van der Waals surface area contributed by atoms with Crippen molar-refractivity contribution in [3.8, 4) is 0 Å². The highest BCUT2D eigenvalue weighted by molar-refractivity contribution is 6.01. The lowest BCUT2D eigenvalue weighted by molar-refractivity contribution is -0.117. The number of esters is 1. The first-order valence-corrected chi connectivity index (χ1v) is 7.64. The van der Waals surface area contributed by atoms with E-state index in [1.807, 2.05) is 0 Å². The lowest BCUT2D eigenvalue weighted by Crippen LogP contribution is -2.43. The normalized spacial score (nSPS) is 16.3. The SMILES string of the molecule is CCOC(=O)c1ccccc1NC(=O)CN1CCC(N)CC1. The Labute approximate surface area is 130 Å². The van der Waals surface area contributed by atoms with Crippen LogP contribution in [0, 0.1) is 0 Å². The average Bonchev–Trinajstić information content (AvgIpc) is 2.50. The summed E-state index contributed by atoms with van der Waals surface area (Å²) in [5, 5.41) is 2.80. The largest absolute Gasteiger partial charge is 0.462 e. The van der Waals surface area contributed by atoms with Crippen LogP contribution in [0.5, 0.6) is 0 Å². The topological polar surface area (TPSA) is 84.7 Å². The van der Waals surface area contributed by atoms with Crippen molar-refractivity contribution in [3.05, 3.63) is 29.8 Å². The van der Waals surface area contributed by atoms with E-state index in [4.69, 9.17) is 10.5 Å². The van der Waals surface area contributed by atoms with Crippen molar-refractivity contribution in [1.29, 1.82) is 0 Å². The molecule has 1 amide bonds. The zero-order valence-electron chi connectivity index (χ0n) is 12.9. The summed E-state index contributed by atoms with van der Waals surface area (Å²) >= 11 is 0. The monoisotopic (exact) mass is 305 g/mol. The number of hydrogen-bond donors (Lipinski definition) is 2. The molecule has 1 fully saturated rings. The maximum atomic E-state index is 12.2. The third kappa shape index (κ3) is 4.54. The minimum atomic E-state index is -0.428. The highest BCUT2D eigenvalue weighted by atomic mass is 16.5. The highest BCUT2D eigenvalue weighted by Crippen LogP contribution is 2.16. The van der Waals surface area contributed by atoms with Crippen LogP contribution in [0.25, 0.3) is 0 Å². The second kappa shape index (κ2) is 7.91. The van der Waals surface area contributed by atoms with Crippen LogP contribution in [0.4, 0.5) is 5.69 Å². The van der Waals surface area contributed by atoms with Gasteiger partial charge in [0.15, 0.2) is 0 Å². The van der Waals surface area contributed by atoms with E-state index >= 15 is 0 Å². The van der Waals surface area contributed by atoms with Crippen molar-refractivity contribution in [3.63, 3.8) is 0 Å². The van der Waals surface area contributed by atoms with E-state index in [0.717, 1.165) is 25.9 Å². The Morgan fingerprint density at radius 2 is 2.00 bits per heavy atom. The van der Waals surface area contributed by atoms with Crippen molar-refractivity contribution in [1.82, 2.24) is 4.90 Å². The van der Waals surface area contributed by atoms with E-state index in [1.54, 1.807) is 31.2 Å². The molecular formula is C16H23N3O3. The van der Waals surface area contributed by atoms with Gasteiger partial charge in [0.2, 0.25) is 5.91 Å². The van der Waals surface area contributed by atoms with Crippen LogP contribution in [0.2, 0.25) is 0 Å². The Kier molecular flexibility index (Phi) is 5.91. The number of hydrogen-bond acceptors (Lipinski definition) is 5. The van der Waals surface area contributed by atoms with Gasteiger partial charge in [0, 0.05) is 19.1 Å². The van der Waals surface area contributed by atoms with Crippen molar-refractivity contribution < 1.29 is 14.3 Å². The van der Waals surface area contributed by atoms with Gasteiger partial charge < -0.3 is 15.8 Å². The molecular weight excluding hydrogens is 282 g/mol. The summed E-state index contributed by atoms with van der Waals surface area (Å²) in [6.45, 7) is 4.02. The van der Waals surface area contributed by atoms with Crippen LogP contribution in [0.15, 0.2) is 24.3 Å². The Balaban J connectivity index is 1.95. The molecule has 1 aromatic carbocycles. The smallest absolute Gasteiger partial charge is 0.340 e. The summed E-state index contributed by atoms with van der Waals surface area (Å²) < 4.78 is 5.00. The van der Waals surface area contributed by atoms with Crippen LogP contribution in [0.3, 0.4) is 0 Å². The van der Waals surface area contributed by atoms with Gasteiger partial charge in [-0.15, -0.1) is 0 Å². The zero-order chi connectivity index (χ0) is 15.9. The highest BCUT2D eigenvalue weighted by Gasteiger charge is 2.19. The number of rotatable bonds is 5. The van der Waals surface area contributed by atoms with Gasteiger partial charge in [-0.05, 0) is 31.9 Å². The molecule has 0 bridgehead atoms. The molecule has 0 spiro atoms. The van der Waals surface area contributed by atoms with Crippen LogP contribution in [0.1, 0.15) is 30.1 Å². The third-order valence-electron chi connectivity index (χ3n) is 3.70. The van der Waals surface area contributed by atoms with Crippen LogP contribution in [-0.2, 0) is 9.53 Å². The number of likely N-dealkylation sites (tertiary alicyclic amines) is 1. The number of ether oxygens (including phenoxy) is 1. The van der Waals surface area contributed by atoms with Crippen molar-refractivity contribution in [2.24, 2.45) is 5.73 Å². The van der Waals surface area contributed by atoms with E-state index in [-0.39, 0.29) is 11.9 Å². The Morgan fingerprint density at radius 3 is 2.68 bits per heavy atom. The summed E-state index contributed by atoms with van der Waals surface area (Å²) in [5.41, 5.74) is 6.71. The van der Waals surface area contributed by atoms with Gasteiger partial charge in [-0.1, -0.05) is 12.1 Å². The van der Waals surface area contributed by atoms with Crippen LogP contribution >= 0.6 is 0 Å². The Bertz CT molecular complexity index is 525. The fourth-order valence-corrected chi connectivity index (χ4v) is 2.48. The fraction of sp³-hybridized carbons (Fsp3) is 0.500. The summed E-state index contributed by atoms with van der Waals surface area (Å²) in [6, 6.07) is 7.11. The van der Waals surface area contributed by atoms with Crippen molar-refractivity contribution in [2.45, 2.75) is 25.8 Å². The standard InChI is InChI=1S/C16H23N3O3/c1-2-22-16(21)13-5-3-4-6-14(13)18-15(20)11-19-9-7-12(17)8-10-19/h3-6,12H,2,7-11,17H2,1H3,(H,18,20). The van der Waals surface area contributed by atoms with Crippen molar-refractivity contribution in [2.75, 3.05) is 31.6 Å². The molecule has 0 saturated carbocycles.